The molecule has 0 saturated carbocycles. The number of anilines is 1. The standard InChI is InChI=1S/C38H45N5O7.C2H7NO/c1-6-19-48-22-27-20-28(16-15-26(27)23-50-38(47)43(5)18-17-39-4)41-34(44)21-40-36(45)35(25(2)3)42-37(46)49-24-33-31-13-9-7-11-29(31)30-12-8-10-14-32(30)33;1-4-2-3/h1,7-16,20,25,33,35,39H,17-19,21-24H2,2-5H3,(H,40,45)(H,41,44)(H,42,46);2-3H2,1H3. The van der Waals surface area contributed by atoms with Crippen molar-refractivity contribution >= 4 is 29.7 Å². The van der Waals surface area contributed by atoms with Crippen LogP contribution in [0.15, 0.2) is 66.7 Å². The van der Waals surface area contributed by atoms with E-state index in [-0.39, 0.29) is 44.8 Å². The summed E-state index contributed by atoms with van der Waals surface area (Å²) in [5, 5.41) is 11.0. The second-order valence-electron chi connectivity index (χ2n) is 12.7. The molecule has 0 aromatic heterocycles. The van der Waals surface area contributed by atoms with E-state index in [1.54, 1.807) is 53.3 Å². The first-order valence-electron chi connectivity index (χ1n) is 17.6. The van der Waals surface area contributed by atoms with Crippen LogP contribution < -0.4 is 27.0 Å². The maximum atomic E-state index is 13.1. The molecule has 54 heavy (non-hydrogen) atoms. The Bertz CT molecular complexity index is 1700. The molecule has 14 nitrogen and oxygen atoms in total. The van der Waals surface area contributed by atoms with Crippen LogP contribution in [-0.4, -0.2) is 95.7 Å². The summed E-state index contributed by atoms with van der Waals surface area (Å²) in [4.78, 5) is 52.6. The molecule has 0 heterocycles. The minimum absolute atomic E-state index is 0.00494. The van der Waals surface area contributed by atoms with Crippen LogP contribution in [0.3, 0.4) is 0 Å². The minimum atomic E-state index is -0.933. The van der Waals surface area contributed by atoms with Gasteiger partial charge in [0.25, 0.3) is 0 Å². The number of alkyl carbamates (subject to hydrolysis) is 1. The van der Waals surface area contributed by atoms with Crippen LogP contribution in [0, 0.1) is 18.3 Å². The number of carbonyl (C=O) groups is 4. The number of amides is 4. The number of rotatable bonds is 17. The van der Waals surface area contributed by atoms with E-state index < -0.39 is 30.0 Å². The van der Waals surface area contributed by atoms with Crippen LogP contribution in [-0.2, 0) is 41.8 Å². The van der Waals surface area contributed by atoms with Crippen molar-refractivity contribution in [2.75, 3.05) is 66.1 Å². The molecule has 0 aliphatic heterocycles. The Morgan fingerprint density at radius 2 is 1.59 bits per heavy atom. The van der Waals surface area contributed by atoms with Gasteiger partial charge in [0.2, 0.25) is 11.8 Å². The van der Waals surface area contributed by atoms with Gasteiger partial charge in [-0.05, 0) is 58.5 Å². The van der Waals surface area contributed by atoms with E-state index in [4.69, 9.17) is 26.4 Å². The van der Waals surface area contributed by atoms with Crippen molar-refractivity contribution in [2.24, 2.45) is 11.7 Å². The normalized spacial score (nSPS) is 11.9. The van der Waals surface area contributed by atoms with Crippen LogP contribution in [0.5, 0.6) is 0 Å². The Balaban J connectivity index is 0.00000186. The number of ether oxygens (including phenoxy) is 4. The van der Waals surface area contributed by atoms with Crippen LogP contribution >= 0.6 is 0 Å². The lowest BCUT2D eigenvalue weighted by molar-refractivity contribution is -0.126. The molecule has 3 aromatic rings. The highest BCUT2D eigenvalue weighted by molar-refractivity contribution is 5.96. The van der Waals surface area contributed by atoms with Gasteiger partial charge >= 0.3 is 12.2 Å². The molecule has 4 amide bonds. The van der Waals surface area contributed by atoms with Crippen molar-refractivity contribution in [3.63, 3.8) is 0 Å². The summed E-state index contributed by atoms with van der Waals surface area (Å²) in [5.74, 6) is 0.998. The molecule has 1 atom stereocenters. The predicted molar refractivity (Wildman–Crippen MR) is 206 cm³/mol. The average Bonchev–Trinajstić information content (AvgIpc) is 3.50. The monoisotopic (exact) mass is 744 g/mol. The summed E-state index contributed by atoms with van der Waals surface area (Å²) in [6.45, 7) is 4.98. The SMILES string of the molecule is C#CCOCc1cc(NC(=O)CNC(=O)C(NC(=O)OCC2c3ccccc3-c3ccccc32)C(C)C)ccc1COC(=O)N(C)CCNC.COCN. The van der Waals surface area contributed by atoms with Crippen molar-refractivity contribution in [2.45, 2.75) is 39.0 Å². The molecule has 1 unspecified atom stereocenters. The molecule has 1 aliphatic rings. The summed E-state index contributed by atoms with van der Waals surface area (Å²) >= 11 is 0. The van der Waals surface area contributed by atoms with E-state index in [1.165, 1.54) is 4.90 Å². The number of hydrogen-bond donors (Lipinski definition) is 5. The molecule has 0 bridgehead atoms. The second-order valence-corrected chi connectivity index (χ2v) is 12.7. The number of benzene rings is 3. The van der Waals surface area contributed by atoms with Gasteiger partial charge in [-0.1, -0.05) is 74.4 Å². The average molecular weight is 745 g/mol. The first-order valence-corrected chi connectivity index (χ1v) is 17.6. The number of hydrogen-bond acceptors (Lipinski definition) is 10. The predicted octanol–water partition coefficient (Wildman–Crippen LogP) is 3.79. The Hall–Kier alpha value is -5.46. The van der Waals surface area contributed by atoms with Crippen LogP contribution in [0.25, 0.3) is 11.1 Å². The molecule has 290 valence electrons. The lowest BCUT2D eigenvalue weighted by Crippen LogP contribution is -2.51. The fraction of sp³-hybridized carbons (Fsp3) is 0.400. The molecular weight excluding hydrogens is 692 g/mol. The Kier molecular flexibility index (Phi) is 18.0. The quantitative estimate of drug-likeness (QED) is 0.0775. The fourth-order valence-electron chi connectivity index (χ4n) is 5.60. The molecule has 4 rings (SSSR count). The van der Waals surface area contributed by atoms with Crippen molar-refractivity contribution in [1.82, 2.24) is 20.9 Å². The number of fused-ring (bicyclic) bond motifs is 3. The van der Waals surface area contributed by atoms with Crippen LogP contribution in [0.4, 0.5) is 15.3 Å². The van der Waals surface area contributed by atoms with Gasteiger partial charge in [0, 0.05) is 38.9 Å². The van der Waals surface area contributed by atoms with Crippen molar-refractivity contribution in [1.29, 1.82) is 0 Å². The maximum absolute atomic E-state index is 13.1. The van der Waals surface area contributed by atoms with Gasteiger partial charge in [-0.3, -0.25) is 9.59 Å². The molecule has 0 radical (unpaired) electrons. The summed E-state index contributed by atoms with van der Waals surface area (Å²) in [6.07, 6.45) is 4.12. The van der Waals surface area contributed by atoms with Gasteiger partial charge in [0.05, 0.1) is 19.9 Å². The molecule has 0 fully saturated rings. The van der Waals surface area contributed by atoms with E-state index in [2.05, 4.69) is 44.1 Å². The third-order valence-electron chi connectivity index (χ3n) is 8.45. The van der Waals surface area contributed by atoms with E-state index in [9.17, 15) is 19.2 Å². The zero-order chi connectivity index (χ0) is 39.5. The fourth-order valence-corrected chi connectivity index (χ4v) is 5.60. The molecule has 14 heteroatoms. The molecular formula is C40H52N6O8. The molecule has 3 aromatic carbocycles. The Morgan fingerprint density at radius 3 is 2.19 bits per heavy atom. The molecule has 0 saturated heterocycles. The third-order valence-corrected chi connectivity index (χ3v) is 8.45. The number of methoxy groups -OCH3 is 1. The highest BCUT2D eigenvalue weighted by Crippen LogP contribution is 2.44. The number of terminal acetylenes is 1. The number of nitrogens with zero attached hydrogens (tertiary/aromatic N) is 1. The van der Waals surface area contributed by atoms with Crippen LogP contribution in [0.2, 0.25) is 0 Å². The van der Waals surface area contributed by atoms with E-state index in [1.807, 2.05) is 36.4 Å². The van der Waals surface area contributed by atoms with Crippen molar-refractivity contribution in [3.05, 3.63) is 89.0 Å². The number of likely N-dealkylation sites (N-methyl/N-ethyl adjacent to an activating group) is 2. The van der Waals surface area contributed by atoms with Crippen LogP contribution in [0.1, 0.15) is 42.0 Å². The topological polar surface area (TPSA) is 183 Å². The van der Waals surface area contributed by atoms with Gasteiger partial charge in [-0.2, -0.15) is 0 Å². The number of nitrogens with one attached hydrogen (secondary N) is 4. The second kappa shape index (κ2) is 22.6. The van der Waals surface area contributed by atoms with E-state index in [0.29, 0.717) is 36.6 Å². The lowest BCUT2D eigenvalue weighted by Gasteiger charge is -2.22. The highest BCUT2D eigenvalue weighted by Gasteiger charge is 2.30. The largest absolute Gasteiger partial charge is 0.449 e. The summed E-state index contributed by atoms with van der Waals surface area (Å²) in [7, 11) is 5.00. The third kappa shape index (κ3) is 12.9. The molecule has 6 N–H and O–H groups in total. The van der Waals surface area contributed by atoms with Crippen molar-refractivity contribution < 1.29 is 38.1 Å². The van der Waals surface area contributed by atoms with E-state index in [0.717, 1.165) is 22.3 Å². The Morgan fingerprint density at radius 1 is 0.944 bits per heavy atom. The first kappa shape index (κ1) is 42.9. The zero-order valence-electron chi connectivity index (χ0n) is 31.6. The smallest absolute Gasteiger partial charge is 0.409 e. The zero-order valence-corrected chi connectivity index (χ0v) is 31.6. The maximum Gasteiger partial charge on any atom is 0.409 e. The van der Waals surface area contributed by atoms with Crippen molar-refractivity contribution in [3.8, 4) is 23.5 Å². The highest BCUT2D eigenvalue weighted by atomic mass is 16.6. The summed E-state index contributed by atoms with van der Waals surface area (Å²) in [5.41, 5.74) is 11.0. The summed E-state index contributed by atoms with van der Waals surface area (Å²) in [6, 6.07) is 20.2. The Labute approximate surface area is 317 Å². The van der Waals surface area contributed by atoms with Gasteiger partial charge < -0.3 is 50.8 Å². The minimum Gasteiger partial charge on any atom is -0.449 e. The van der Waals surface area contributed by atoms with Gasteiger partial charge in [-0.25, -0.2) is 9.59 Å². The van der Waals surface area contributed by atoms with Gasteiger partial charge in [0.15, 0.2) is 0 Å². The lowest BCUT2D eigenvalue weighted by atomic mass is 9.98. The van der Waals surface area contributed by atoms with Gasteiger partial charge in [0.1, 0.15) is 25.9 Å². The number of carbonyl (C=O) groups excluding carboxylic acids is 4. The van der Waals surface area contributed by atoms with E-state index >= 15 is 0 Å². The number of nitrogens with two attached hydrogens (primary N) is 1. The van der Waals surface area contributed by atoms with Gasteiger partial charge in [-0.15, -0.1) is 6.42 Å². The first-order chi connectivity index (χ1) is 26.0. The molecule has 0 spiro atoms. The molecule has 1 aliphatic carbocycles. The summed E-state index contributed by atoms with van der Waals surface area (Å²) < 4.78 is 20.9.